The molecular weight excluding hydrogens is 194 g/mol. The number of hydrogen-bond acceptors (Lipinski definition) is 3. The maximum Gasteiger partial charge on any atom is 0.328 e. The summed E-state index contributed by atoms with van der Waals surface area (Å²) < 4.78 is 1.44. The molecule has 0 aliphatic carbocycles. The molecule has 1 aromatic heterocycles. The summed E-state index contributed by atoms with van der Waals surface area (Å²) in [6, 6.07) is 0. The lowest BCUT2D eigenvalue weighted by atomic mass is 10.4. The summed E-state index contributed by atoms with van der Waals surface area (Å²) in [6.45, 7) is 3.20. The fourth-order valence-corrected chi connectivity index (χ4v) is 1.14. The van der Waals surface area contributed by atoms with Gasteiger partial charge in [-0.1, -0.05) is 5.92 Å². The largest absolute Gasteiger partial charge is 0.328 e. The van der Waals surface area contributed by atoms with Crippen LogP contribution in [0.25, 0.3) is 0 Å². The minimum Gasteiger partial charge on any atom is -0.304 e. The standard InChI is InChI=1S/C10H13N3O2/c1-3-4-11-5-6-13-7-8(2)9(14)12-10(13)15/h1,7,11H,4-6H2,2H3,(H,12,14,15). The number of aromatic amines is 1. The summed E-state index contributed by atoms with van der Waals surface area (Å²) in [5.74, 6) is 2.43. The molecule has 0 saturated carbocycles. The van der Waals surface area contributed by atoms with Gasteiger partial charge >= 0.3 is 5.69 Å². The fraction of sp³-hybridized carbons (Fsp3) is 0.400. The smallest absolute Gasteiger partial charge is 0.304 e. The van der Waals surface area contributed by atoms with Crippen molar-refractivity contribution in [1.29, 1.82) is 0 Å². The molecule has 0 bridgehead atoms. The van der Waals surface area contributed by atoms with Crippen LogP contribution in [0.3, 0.4) is 0 Å². The molecule has 1 heterocycles. The van der Waals surface area contributed by atoms with Gasteiger partial charge < -0.3 is 5.32 Å². The van der Waals surface area contributed by atoms with E-state index in [1.165, 1.54) is 4.57 Å². The summed E-state index contributed by atoms with van der Waals surface area (Å²) >= 11 is 0. The Hall–Kier alpha value is -1.80. The van der Waals surface area contributed by atoms with Crippen LogP contribution in [0.2, 0.25) is 0 Å². The first-order chi connectivity index (χ1) is 7.15. The van der Waals surface area contributed by atoms with E-state index in [0.717, 1.165) is 0 Å². The van der Waals surface area contributed by atoms with E-state index in [4.69, 9.17) is 6.42 Å². The summed E-state index contributed by atoms with van der Waals surface area (Å²) in [5.41, 5.74) is -0.215. The summed E-state index contributed by atoms with van der Waals surface area (Å²) in [4.78, 5) is 24.6. The highest BCUT2D eigenvalue weighted by molar-refractivity contribution is 5.00. The van der Waals surface area contributed by atoms with E-state index in [9.17, 15) is 9.59 Å². The Morgan fingerprint density at radius 3 is 3.00 bits per heavy atom. The number of terminal acetylenes is 1. The van der Waals surface area contributed by atoms with Crippen LogP contribution in [0.1, 0.15) is 5.56 Å². The molecule has 0 aliphatic heterocycles. The van der Waals surface area contributed by atoms with Crippen LogP contribution in [0.5, 0.6) is 0 Å². The van der Waals surface area contributed by atoms with E-state index in [0.29, 0.717) is 25.2 Å². The molecule has 15 heavy (non-hydrogen) atoms. The zero-order valence-electron chi connectivity index (χ0n) is 8.54. The molecule has 80 valence electrons. The Morgan fingerprint density at radius 2 is 2.33 bits per heavy atom. The minimum absolute atomic E-state index is 0.340. The summed E-state index contributed by atoms with van der Waals surface area (Å²) in [6.07, 6.45) is 6.59. The zero-order chi connectivity index (χ0) is 11.3. The Labute approximate surface area is 87.1 Å². The van der Waals surface area contributed by atoms with Crippen LogP contribution in [-0.4, -0.2) is 22.6 Å². The summed E-state index contributed by atoms with van der Waals surface area (Å²) in [7, 11) is 0. The molecule has 0 unspecified atom stereocenters. The van der Waals surface area contributed by atoms with Gasteiger partial charge in [-0.25, -0.2) is 4.79 Å². The van der Waals surface area contributed by atoms with Gasteiger partial charge in [0.15, 0.2) is 0 Å². The molecule has 1 rings (SSSR count). The van der Waals surface area contributed by atoms with Crippen molar-refractivity contribution in [1.82, 2.24) is 14.9 Å². The molecule has 0 amide bonds. The second-order valence-corrected chi connectivity index (χ2v) is 3.15. The van der Waals surface area contributed by atoms with E-state index in [-0.39, 0.29) is 5.56 Å². The second-order valence-electron chi connectivity index (χ2n) is 3.15. The van der Waals surface area contributed by atoms with Crippen molar-refractivity contribution in [3.05, 3.63) is 32.6 Å². The van der Waals surface area contributed by atoms with Gasteiger partial charge in [-0.05, 0) is 6.92 Å². The highest BCUT2D eigenvalue weighted by atomic mass is 16.2. The van der Waals surface area contributed by atoms with Crippen molar-refractivity contribution < 1.29 is 0 Å². The average Bonchev–Trinajstić information content (AvgIpc) is 2.20. The van der Waals surface area contributed by atoms with Gasteiger partial charge in [-0.15, -0.1) is 6.42 Å². The van der Waals surface area contributed by atoms with Crippen LogP contribution in [0, 0.1) is 19.3 Å². The normalized spacial score (nSPS) is 9.87. The van der Waals surface area contributed by atoms with Crippen LogP contribution < -0.4 is 16.6 Å². The Kier molecular flexibility index (Phi) is 3.89. The van der Waals surface area contributed by atoms with Gasteiger partial charge in [0, 0.05) is 24.8 Å². The fourth-order valence-electron chi connectivity index (χ4n) is 1.14. The minimum atomic E-state index is -0.395. The molecule has 2 N–H and O–H groups in total. The van der Waals surface area contributed by atoms with E-state index >= 15 is 0 Å². The van der Waals surface area contributed by atoms with Crippen LogP contribution in [-0.2, 0) is 6.54 Å². The van der Waals surface area contributed by atoms with E-state index in [1.54, 1.807) is 13.1 Å². The molecule has 0 aromatic carbocycles. The first-order valence-electron chi connectivity index (χ1n) is 4.59. The molecule has 0 aliphatic rings. The molecule has 0 radical (unpaired) electrons. The van der Waals surface area contributed by atoms with Crippen molar-refractivity contribution in [2.24, 2.45) is 0 Å². The third-order valence-corrected chi connectivity index (χ3v) is 1.95. The van der Waals surface area contributed by atoms with Gasteiger partial charge in [0.05, 0.1) is 6.54 Å². The van der Waals surface area contributed by atoms with Crippen molar-refractivity contribution in [2.75, 3.05) is 13.1 Å². The van der Waals surface area contributed by atoms with Gasteiger partial charge in [0.1, 0.15) is 0 Å². The predicted molar refractivity (Wildman–Crippen MR) is 57.8 cm³/mol. The molecular formula is C10H13N3O2. The maximum absolute atomic E-state index is 11.3. The summed E-state index contributed by atoms with van der Waals surface area (Å²) in [5, 5.41) is 2.96. The molecule has 1 aromatic rings. The van der Waals surface area contributed by atoms with Gasteiger partial charge in [-0.2, -0.15) is 0 Å². The number of H-pyrrole nitrogens is 1. The number of aromatic nitrogens is 2. The van der Waals surface area contributed by atoms with Crippen molar-refractivity contribution in [3.8, 4) is 12.3 Å². The lowest BCUT2D eigenvalue weighted by molar-refractivity contribution is 0.595. The molecule has 5 nitrogen and oxygen atoms in total. The highest BCUT2D eigenvalue weighted by Gasteiger charge is 1.99. The number of aryl methyl sites for hydroxylation is 1. The Morgan fingerprint density at radius 1 is 1.60 bits per heavy atom. The SMILES string of the molecule is C#CCNCCn1cc(C)c(=O)[nH]c1=O. The Bertz CT molecular complexity index is 479. The van der Waals surface area contributed by atoms with Gasteiger partial charge in [0.2, 0.25) is 0 Å². The first kappa shape index (κ1) is 11.3. The molecule has 0 saturated heterocycles. The van der Waals surface area contributed by atoms with E-state index in [2.05, 4.69) is 16.2 Å². The van der Waals surface area contributed by atoms with Crippen molar-refractivity contribution in [3.63, 3.8) is 0 Å². The zero-order valence-corrected chi connectivity index (χ0v) is 8.54. The molecule has 0 atom stereocenters. The predicted octanol–water partition coefficient (Wildman–Crippen LogP) is -0.932. The van der Waals surface area contributed by atoms with Crippen molar-refractivity contribution >= 4 is 0 Å². The van der Waals surface area contributed by atoms with Crippen LogP contribution >= 0.6 is 0 Å². The van der Waals surface area contributed by atoms with Gasteiger partial charge in [-0.3, -0.25) is 14.3 Å². The first-order valence-corrected chi connectivity index (χ1v) is 4.59. The quantitative estimate of drug-likeness (QED) is 0.495. The molecule has 0 fully saturated rings. The van der Waals surface area contributed by atoms with Crippen molar-refractivity contribution in [2.45, 2.75) is 13.5 Å². The molecule has 5 heteroatoms. The maximum atomic E-state index is 11.3. The average molecular weight is 207 g/mol. The third-order valence-electron chi connectivity index (χ3n) is 1.95. The number of nitrogens with one attached hydrogen (secondary N) is 2. The van der Waals surface area contributed by atoms with Gasteiger partial charge in [0.25, 0.3) is 5.56 Å². The van der Waals surface area contributed by atoms with Crippen LogP contribution in [0.15, 0.2) is 15.8 Å². The lowest BCUT2D eigenvalue weighted by Crippen LogP contribution is -2.33. The van der Waals surface area contributed by atoms with Crippen LogP contribution in [0.4, 0.5) is 0 Å². The third kappa shape index (κ3) is 3.11. The van der Waals surface area contributed by atoms with E-state index < -0.39 is 5.69 Å². The number of hydrogen-bond donors (Lipinski definition) is 2. The highest BCUT2D eigenvalue weighted by Crippen LogP contribution is 1.83. The monoisotopic (exact) mass is 207 g/mol. The van der Waals surface area contributed by atoms with E-state index in [1.807, 2.05) is 0 Å². The lowest BCUT2D eigenvalue weighted by Gasteiger charge is -2.05. The Balaban J connectivity index is 2.71. The number of nitrogens with zero attached hydrogens (tertiary/aromatic N) is 1. The second kappa shape index (κ2) is 5.17. The number of rotatable bonds is 4. The molecule has 0 spiro atoms. The topological polar surface area (TPSA) is 66.9 Å².